The first-order valence-electron chi connectivity index (χ1n) is 10.6. The molecule has 2 amide bonds. The minimum atomic E-state index is -1.34. The van der Waals surface area contributed by atoms with Crippen molar-refractivity contribution in [3.05, 3.63) is 36.2 Å². The average Bonchev–Trinajstić information content (AvgIpc) is 3.48. The van der Waals surface area contributed by atoms with Crippen LogP contribution in [0.3, 0.4) is 0 Å². The second-order valence-corrected chi connectivity index (χ2v) is 8.31. The molecule has 1 aliphatic heterocycles. The van der Waals surface area contributed by atoms with E-state index in [4.69, 9.17) is 4.74 Å². The highest BCUT2D eigenvalue weighted by molar-refractivity contribution is 5.94. The first kappa shape index (κ1) is 21.2. The Hall–Kier alpha value is -3.04. The number of hydrogen-bond acceptors (Lipinski definition) is 6. The van der Waals surface area contributed by atoms with Gasteiger partial charge in [-0.2, -0.15) is 0 Å². The Labute approximate surface area is 180 Å². The molecule has 2 aliphatic rings. The third kappa shape index (κ3) is 4.52. The predicted molar refractivity (Wildman–Crippen MR) is 110 cm³/mol. The molecule has 0 spiro atoms. The third-order valence-corrected chi connectivity index (χ3v) is 5.56. The molecule has 166 valence electrons. The quantitative estimate of drug-likeness (QED) is 0.724. The van der Waals surface area contributed by atoms with Gasteiger partial charge in [-0.25, -0.2) is 24.1 Å². The van der Waals surface area contributed by atoms with E-state index in [0.29, 0.717) is 24.5 Å². The van der Waals surface area contributed by atoms with Gasteiger partial charge in [0.1, 0.15) is 12.0 Å². The molecule has 10 heteroatoms. The molecule has 0 bridgehead atoms. The number of imidazole rings is 1. The molecular formula is C21H27FN6O3. The molecule has 1 aliphatic carbocycles. The second kappa shape index (κ2) is 8.60. The number of alkyl halides is 1. The van der Waals surface area contributed by atoms with Crippen LogP contribution in [0.25, 0.3) is 5.95 Å². The molecule has 0 unspecified atom stereocenters. The van der Waals surface area contributed by atoms with Gasteiger partial charge in [-0.1, -0.05) is 0 Å². The Morgan fingerprint density at radius 3 is 2.45 bits per heavy atom. The molecule has 2 fully saturated rings. The number of halogens is 1. The highest BCUT2D eigenvalue weighted by Gasteiger charge is 2.44. The van der Waals surface area contributed by atoms with Gasteiger partial charge in [-0.15, -0.1) is 0 Å². The number of carbonyl (C=O) groups excluding carboxylic acids is 2. The molecule has 1 saturated carbocycles. The average molecular weight is 430 g/mol. The number of rotatable bonds is 5. The number of carbonyl (C=O) groups is 2. The summed E-state index contributed by atoms with van der Waals surface area (Å²) in [6, 6.07) is -0.570. The minimum absolute atomic E-state index is 0.0143. The van der Waals surface area contributed by atoms with Crippen molar-refractivity contribution < 1.29 is 18.7 Å². The van der Waals surface area contributed by atoms with Gasteiger partial charge in [0.15, 0.2) is 0 Å². The number of ether oxygens (including phenoxy) is 1. The molecule has 4 rings (SSSR count). The van der Waals surface area contributed by atoms with E-state index in [1.807, 2.05) is 6.92 Å². The molecule has 3 heterocycles. The van der Waals surface area contributed by atoms with Gasteiger partial charge in [0.2, 0.25) is 5.95 Å². The summed E-state index contributed by atoms with van der Waals surface area (Å²) in [4.78, 5) is 41.1. The molecular weight excluding hydrogens is 403 g/mol. The monoisotopic (exact) mass is 430 g/mol. The lowest BCUT2D eigenvalue weighted by molar-refractivity contribution is 0.0153. The van der Waals surface area contributed by atoms with Crippen molar-refractivity contribution >= 4 is 12.0 Å². The maximum absolute atomic E-state index is 15.1. The van der Waals surface area contributed by atoms with Gasteiger partial charge in [-0.3, -0.25) is 9.36 Å². The number of piperidine rings is 1. The Balaban J connectivity index is 1.47. The van der Waals surface area contributed by atoms with Crippen molar-refractivity contribution in [2.24, 2.45) is 0 Å². The topological polar surface area (TPSA) is 93.5 Å². The number of aromatic nitrogens is 4. The SMILES string of the molecule is Cc1nccn1-c1ncc(C(=O)N(C2CC2)[C@H]2CCN(C(=O)OC(C)C)C[C@H]2F)cn1. The van der Waals surface area contributed by atoms with Gasteiger partial charge in [0.25, 0.3) is 5.91 Å². The highest BCUT2D eigenvalue weighted by Crippen LogP contribution is 2.34. The second-order valence-electron chi connectivity index (χ2n) is 8.31. The Morgan fingerprint density at radius 2 is 1.90 bits per heavy atom. The molecule has 2 aromatic heterocycles. The fraction of sp³-hybridized carbons (Fsp3) is 0.571. The lowest BCUT2D eigenvalue weighted by Crippen LogP contribution is -2.56. The standard InChI is InChI=1S/C21H27FN6O3/c1-13(2)31-21(30)26-8-6-18(17(22)12-26)28(16-4-5-16)19(29)15-10-24-20(25-11-15)27-9-7-23-14(27)3/h7,9-11,13,16-18H,4-6,8,12H2,1-3H3/t17-,18+/m1/s1. The predicted octanol–water partition coefficient (Wildman–Crippen LogP) is 2.53. The van der Waals surface area contributed by atoms with Crippen LogP contribution in [0.1, 0.15) is 49.3 Å². The Morgan fingerprint density at radius 1 is 1.19 bits per heavy atom. The lowest BCUT2D eigenvalue weighted by Gasteiger charge is -2.40. The number of likely N-dealkylation sites (tertiary alicyclic amines) is 1. The summed E-state index contributed by atoms with van der Waals surface area (Å²) in [6.45, 7) is 5.62. The molecule has 9 nitrogen and oxygen atoms in total. The number of hydrogen-bond donors (Lipinski definition) is 0. The molecule has 0 aromatic carbocycles. The summed E-state index contributed by atoms with van der Waals surface area (Å²) in [6.07, 6.45) is 6.29. The van der Waals surface area contributed by atoms with E-state index in [9.17, 15) is 9.59 Å². The van der Waals surface area contributed by atoms with Crippen molar-refractivity contribution in [2.75, 3.05) is 13.1 Å². The van der Waals surface area contributed by atoms with E-state index in [0.717, 1.165) is 18.7 Å². The van der Waals surface area contributed by atoms with Crippen LogP contribution in [0, 0.1) is 6.92 Å². The van der Waals surface area contributed by atoms with E-state index < -0.39 is 18.3 Å². The van der Waals surface area contributed by atoms with Crippen LogP contribution >= 0.6 is 0 Å². The van der Waals surface area contributed by atoms with E-state index in [1.165, 1.54) is 17.3 Å². The molecule has 2 aromatic rings. The van der Waals surface area contributed by atoms with Crippen LogP contribution < -0.4 is 0 Å². The van der Waals surface area contributed by atoms with Gasteiger partial charge >= 0.3 is 6.09 Å². The summed E-state index contributed by atoms with van der Waals surface area (Å²) < 4.78 is 22.0. The number of nitrogens with zero attached hydrogens (tertiary/aromatic N) is 6. The summed E-state index contributed by atoms with van der Waals surface area (Å²) in [5.41, 5.74) is 0.322. The van der Waals surface area contributed by atoms with Gasteiger partial charge in [-0.05, 0) is 40.0 Å². The van der Waals surface area contributed by atoms with E-state index >= 15 is 4.39 Å². The van der Waals surface area contributed by atoms with Gasteiger partial charge in [0.05, 0.1) is 24.3 Å². The lowest BCUT2D eigenvalue weighted by atomic mass is 10.0. The van der Waals surface area contributed by atoms with Crippen molar-refractivity contribution in [2.45, 2.75) is 64.4 Å². The van der Waals surface area contributed by atoms with Crippen molar-refractivity contribution in [1.29, 1.82) is 0 Å². The zero-order chi connectivity index (χ0) is 22.1. The van der Waals surface area contributed by atoms with E-state index in [2.05, 4.69) is 15.0 Å². The van der Waals surface area contributed by atoms with Crippen LogP contribution in [0.15, 0.2) is 24.8 Å². The zero-order valence-electron chi connectivity index (χ0n) is 17.9. The van der Waals surface area contributed by atoms with Crippen molar-refractivity contribution in [3.8, 4) is 5.95 Å². The first-order chi connectivity index (χ1) is 14.8. The highest BCUT2D eigenvalue weighted by atomic mass is 19.1. The molecule has 1 saturated heterocycles. The Kier molecular flexibility index (Phi) is 5.88. The van der Waals surface area contributed by atoms with Gasteiger partial charge in [0, 0.05) is 37.4 Å². The molecule has 0 N–H and O–H groups in total. The molecule has 2 atom stereocenters. The molecule has 31 heavy (non-hydrogen) atoms. The van der Waals surface area contributed by atoms with Gasteiger partial charge < -0.3 is 14.5 Å². The van der Waals surface area contributed by atoms with Crippen molar-refractivity contribution in [1.82, 2.24) is 29.3 Å². The summed E-state index contributed by atoms with van der Waals surface area (Å²) in [5, 5.41) is 0. The van der Waals surface area contributed by atoms with Crippen LogP contribution in [0.5, 0.6) is 0 Å². The van der Waals surface area contributed by atoms with Crippen molar-refractivity contribution in [3.63, 3.8) is 0 Å². The summed E-state index contributed by atoms with van der Waals surface area (Å²) >= 11 is 0. The largest absolute Gasteiger partial charge is 0.447 e. The maximum Gasteiger partial charge on any atom is 0.410 e. The van der Waals surface area contributed by atoms with Crippen LogP contribution in [-0.4, -0.2) is 78.8 Å². The summed E-state index contributed by atoms with van der Waals surface area (Å²) in [7, 11) is 0. The third-order valence-electron chi connectivity index (χ3n) is 5.56. The maximum atomic E-state index is 15.1. The number of aryl methyl sites for hydroxylation is 1. The zero-order valence-corrected chi connectivity index (χ0v) is 17.9. The minimum Gasteiger partial charge on any atom is -0.447 e. The van der Waals surface area contributed by atoms with Crippen LogP contribution in [0.2, 0.25) is 0 Å². The summed E-state index contributed by atoms with van der Waals surface area (Å²) in [5.74, 6) is 0.883. The molecule has 0 radical (unpaired) electrons. The smallest absolute Gasteiger partial charge is 0.410 e. The normalized spacial score (nSPS) is 21.3. The van der Waals surface area contributed by atoms with Crippen LogP contribution in [0.4, 0.5) is 9.18 Å². The van der Waals surface area contributed by atoms with E-state index in [-0.39, 0.29) is 24.6 Å². The van der Waals surface area contributed by atoms with Crippen LogP contribution in [-0.2, 0) is 4.74 Å². The number of amides is 2. The Bertz CT molecular complexity index is 943. The first-order valence-corrected chi connectivity index (χ1v) is 10.6. The fourth-order valence-corrected chi connectivity index (χ4v) is 3.88. The van der Waals surface area contributed by atoms with E-state index in [1.54, 1.807) is 35.7 Å². The fourth-order valence-electron chi connectivity index (χ4n) is 3.88.